The van der Waals surface area contributed by atoms with Crippen LogP contribution in [0, 0.1) is 6.92 Å². The van der Waals surface area contributed by atoms with E-state index in [1.807, 2.05) is 18.5 Å². The number of hydrogen-bond donors (Lipinski definition) is 1. The molecule has 3 aromatic heterocycles. The number of aromatic nitrogens is 4. The average Bonchev–Trinajstić information content (AvgIpc) is 3.03. The van der Waals surface area contributed by atoms with Crippen LogP contribution < -0.4 is 5.32 Å². The van der Waals surface area contributed by atoms with E-state index >= 15 is 0 Å². The van der Waals surface area contributed by atoms with Crippen LogP contribution in [0.5, 0.6) is 0 Å². The Bertz CT molecular complexity index is 1270. The number of fused-ring (bicyclic) bond motifs is 1. The van der Waals surface area contributed by atoms with Crippen LogP contribution in [0.15, 0.2) is 30.6 Å². The number of pyridine rings is 2. The summed E-state index contributed by atoms with van der Waals surface area (Å²) in [6.07, 6.45) is 3.06. The van der Waals surface area contributed by atoms with Crippen LogP contribution in [-0.4, -0.2) is 56.6 Å². The lowest BCUT2D eigenvalue weighted by Crippen LogP contribution is -2.43. The Morgan fingerprint density at radius 1 is 1.27 bits per heavy atom. The molecule has 134 valence electrons. The Labute approximate surface area is 162 Å². The lowest BCUT2D eigenvalue weighted by molar-refractivity contribution is 0.0564. The van der Waals surface area contributed by atoms with E-state index in [-0.39, 0.29) is 10.7 Å². The van der Waals surface area contributed by atoms with Crippen molar-refractivity contribution in [3.63, 3.8) is 0 Å². The van der Waals surface area contributed by atoms with Gasteiger partial charge in [0.2, 0.25) is 0 Å². The first-order valence-electron chi connectivity index (χ1n) is 11.7. The molecule has 1 aliphatic rings. The molecule has 0 saturated carbocycles. The van der Waals surface area contributed by atoms with Crippen molar-refractivity contribution in [3.8, 4) is 11.4 Å². The molecule has 1 fully saturated rings. The van der Waals surface area contributed by atoms with E-state index in [1.54, 1.807) is 18.3 Å². The molecule has 1 aliphatic heterocycles. The number of carbonyl (C=O) groups excluding carboxylic acids is 1. The van der Waals surface area contributed by atoms with Gasteiger partial charge in [-0.15, -0.1) is 0 Å². The van der Waals surface area contributed by atoms with Crippen molar-refractivity contribution in [1.29, 1.82) is 0 Å². The Morgan fingerprint density at radius 3 is 2.81 bits per heavy atom. The van der Waals surface area contributed by atoms with Crippen molar-refractivity contribution in [2.75, 3.05) is 31.4 Å². The van der Waals surface area contributed by atoms with Crippen LogP contribution in [-0.2, 0) is 11.8 Å². The number of imidazole rings is 1. The van der Waals surface area contributed by atoms with E-state index < -0.39 is 32.1 Å². The molecular formula is C18H20N6O2. The van der Waals surface area contributed by atoms with Gasteiger partial charge in [-0.1, -0.05) is 0 Å². The fraction of sp³-hybridized carbons (Fsp3) is 0.333. The highest BCUT2D eigenvalue weighted by Crippen LogP contribution is 2.22. The van der Waals surface area contributed by atoms with Gasteiger partial charge in [-0.25, -0.2) is 19.7 Å². The van der Waals surface area contributed by atoms with Gasteiger partial charge in [-0.05, 0) is 19.1 Å². The Kier molecular flexibility index (Phi) is 2.49. The van der Waals surface area contributed by atoms with Gasteiger partial charge >= 0.3 is 6.03 Å². The first kappa shape index (κ1) is 9.63. The average molecular weight is 360 g/mol. The lowest BCUT2D eigenvalue weighted by Gasteiger charge is -2.26. The van der Waals surface area contributed by atoms with Crippen LogP contribution in [0.4, 0.5) is 10.6 Å². The maximum Gasteiger partial charge on any atom is 0.323 e. The number of nitrogens with zero attached hydrogens (tertiary/aromatic N) is 5. The zero-order valence-electron chi connectivity index (χ0n) is 21.9. The van der Waals surface area contributed by atoms with Gasteiger partial charge in [0, 0.05) is 37.7 Å². The van der Waals surface area contributed by atoms with Gasteiger partial charge in [-0.3, -0.25) is 5.32 Å². The fourth-order valence-electron chi connectivity index (χ4n) is 2.42. The number of ether oxygens (including phenoxy) is 1. The molecular weight excluding hydrogens is 332 g/mol. The summed E-state index contributed by atoms with van der Waals surface area (Å²) in [5.41, 5.74) is 1.77. The maximum atomic E-state index is 12.9. The van der Waals surface area contributed by atoms with E-state index in [4.69, 9.17) is 11.0 Å². The van der Waals surface area contributed by atoms with Crippen LogP contribution in [0.3, 0.4) is 0 Å². The molecule has 8 heteroatoms. The van der Waals surface area contributed by atoms with E-state index in [9.17, 15) is 4.79 Å². The molecule has 0 radical (unpaired) electrons. The second-order valence-corrected chi connectivity index (χ2v) is 5.50. The molecule has 0 spiro atoms. The predicted molar refractivity (Wildman–Crippen MR) is 97.9 cm³/mol. The minimum atomic E-state index is -3.36. The molecule has 0 unspecified atom stereocenters. The van der Waals surface area contributed by atoms with Crippen molar-refractivity contribution >= 4 is 22.8 Å². The fourth-order valence-corrected chi connectivity index (χ4v) is 2.42. The number of aryl methyl sites for hydroxylation is 1. The summed E-state index contributed by atoms with van der Waals surface area (Å²) in [5.74, 6) is 0.663. The summed E-state index contributed by atoms with van der Waals surface area (Å²) in [6.45, 7) is -11.5. The number of amides is 2. The van der Waals surface area contributed by atoms with Crippen LogP contribution in [0.1, 0.15) is 16.8 Å². The standard InChI is InChI=1S/C18H20N6O2/c1-12-19-11-16(23(12)2)14-4-3-13-10-20-17(9-15(13)21-14)22-18(25)24-5-7-26-8-6-24/h3-4,9-11H,5-8H2,1-2H3,(H,20,22,25)/i5D2,6D2,7D2,8D2. The molecule has 3 aromatic rings. The van der Waals surface area contributed by atoms with Crippen LogP contribution in [0.25, 0.3) is 22.3 Å². The van der Waals surface area contributed by atoms with Gasteiger partial charge in [0.15, 0.2) is 0 Å². The minimum Gasteiger partial charge on any atom is -0.378 e. The largest absolute Gasteiger partial charge is 0.378 e. The first-order chi connectivity index (χ1) is 15.6. The quantitative estimate of drug-likeness (QED) is 0.757. The molecule has 0 bridgehead atoms. The number of hydrogen-bond acceptors (Lipinski definition) is 5. The Morgan fingerprint density at radius 2 is 2.08 bits per heavy atom. The molecule has 2 amide bonds. The zero-order chi connectivity index (χ0) is 25.3. The van der Waals surface area contributed by atoms with Gasteiger partial charge in [0.1, 0.15) is 11.6 Å². The number of nitrogens with one attached hydrogen (secondary N) is 1. The van der Waals surface area contributed by atoms with E-state index in [0.717, 1.165) is 11.5 Å². The van der Waals surface area contributed by atoms with E-state index in [1.165, 1.54) is 12.3 Å². The third kappa shape index (κ3) is 3.11. The number of urea groups is 1. The molecule has 1 saturated heterocycles. The van der Waals surface area contributed by atoms with Crippen LogP contribution in [0.2, 0.25) is 0 Å². The van der Waals surface area contributed by atoms with Gasteiger partial charge in [-0.2, -0.15) is 0 Å². The van der Waals surface area contributed by atoms with Crippen molar-refractivity contribution in [2.45, 2.75) is 6.92 Å². The first-order valence-corrected chi connectivity index (χ1v) is 7.65. The summed E-state index contributed by atoms with van der Waals surface area (Å²) in [6, 6.07) is 3.48. The smallest absolute Gasteiger partial charge is 0.323 e. The van der Waals surface area contributed by atoms with Gasteiger partial charge < -0.3 is 14.2 Å². The normalized spacial score (nSPS) is 26.9. The molecule has 8 nitrogen and oxygen atoms in total. The zero-order valence-corrected chi connectivity index (χ0v) is 13.9. The summed E-state index contributed by atoms with van der Waals surface area (Å²) >= 11 is 0. The third-order valence-electron chi connectivity index (χ3n) is 3.91. The molecule has 4 heterocycles. The maximum absolute atomic E-state index is 12.9. The monoisotopic (exact) mass is 360 g/mol. The minimum absolute atomic E-state index is 0.123. The van der Waals surface area contributed by atoms with Crippen molar-refractivity contribution in [1.82, 2.24) is 24.4 Å². The lowest BCUT2D eigenvalue weighted by atomic mass is 10.2. The highest BCUT2D eigenvalue weighted by Gasteiger charge is 2.17. The van der Waals surface area contributed by atoms with E-state index in [0.29, 0.717) is 16.6 Å². The van der Waals surface area contributed by atoms with Gasteiger partial charge in [0.25, 0.3) is 0 Å². The van der Waals surface area contributed by atoms with Gasteiger partial charge in [0.05, 0.1) is 47.2 Å². The summed E-state index contributed by atoms with van der Waals surface area (Å²) in [7, 11) is 1.84. The molecule has 1 N–H and O–H groups in total. The number of morpholine rings is 1. The van der Waals surface area contributed by atoms with Crippen molar-refractivity contribution in [2.24, 2.45) is 7.05 Å². The SMILES string of the molecule is [2H]C1([2H])OC([2H])([2H])C([2H])([2H])N(C(=O)Nc2cc3nc(-c4cnc(C)n4C)ccc3cn2)C1([2H])[2H]. The van der Waals surface area contributed by atoms with E-state index in [2.05, 4.69) is 25.0 Å². The highest BCUT2D eigenvalue weighted by atomic mass is 16.5. The molecule has 4 rings (SSSR count). The summed E-state index contributed by atoms with van der Waals surface area (Å²) < 4.78 is 69.0. The molecule has 26 heavy (non-hydrogen) atoms. The number of rotatable bonds is 2. The molecule has 0 aliphatic carbocycles. The summed E-state index contributed by atoms with van der Waals surface area (Å²) in [4.78, 5) is 25.6. The second kappa shape index (κ2) is 6.72. The van der Waals surface area contributed by atoms with Crippen molar-refractivity contribution in [3.05, 3.63) is 36.4 Å². The van der Waals surface area contributed by atoms with Crippen LogP contribution >= 0.6 is 0 Å². The second-order valence-electron chi connectivity index (χ2n) is 5.50. The Hall–Kier alpha value is -3.00. The molecule has 0 aromatic carbocycles. The summed E-state index contributed by atoms with van der Waals surface area (Å²) in [5, 5.41) is 2.84. The third-order valence-corrected chi connectivity index (χ3v) is 3.91. The highest BCUT2D eigenvalue weighted by molar-refractivity contribution is 5.91. The molecule has 0 atom stereocenters. The van der Waals surface area contributed by atoms with Crippen molar-refractivity contribution < 1.29 is 20.5 Å². The topological polar surface area (TPSA) is 85.2 Å². The predicted octanol–water partition coefficient (Wildman–Crippen LogP) is 2.20. The Balaban J connectivity index is 1.70. The number of carbonyl (C=O) groups is 1. The number of anilines is 1.